The van der Waals surface area contributed by atoms with E-state index in [1.807, 2.05) is 0 Å². The highest BCUT2D eigenvalue weighted by Gasteiger charge is 2.09. The minimum atomic E-state index is -1.24. The van der Waals surface area contributed by atoms with Crippen LogP contribution in [0.15, 0.2) is 12.1 Å². The highest BCUT2D eigenvalue weighted by Crippen LogP contribution is 2.31. The average molecular weight is 257 g/mol. The number of carboxylic acid groups (broad SMARTS) is 1. The second-order valence-electron chi connectivity index (χ2n) is 2.37. The fourth-order valence-electron chi connectivity index (χ4n) is 0.875. The molecule has 78 valence electrons. The monoisotopic (exact) mass is 255 g/mol. The third-order valence-electron chi connectivity index (χ3n) is 1.46. The minimum Gasteiger partial charge on any atom is -0.550 e. The summed E-state index contributed by atoms with van der Waals surface area (Å²) in [4.78, 5) is 10.3. The number of carbonyl (C=O) groups excluding carboxylic acids is 1. The van der Waals surface area contributed by atoms with Crippen LogP contribution in [-0.2, 0) is 11.2 Å². The number of halogens is 3. The zero-order valence-corrected chi connectivity index (χ0v) is 9.58. The third-order valence-corrected chi connectivity index (χ3v) is 2.66. The van der Waals surface area contributed by atoms with E-state index in [2.05, 4.69) is 0 Å². The zero-order valence-electron chi connectivity index (χ0n) is 7.31. The van der Waals surface area contributed by atoms with Crippen LogP contribution < -0.4 is 11.3 Å². The van der Waals surface area contributed by atoms with Gasteiger partial charge in [0.2, 0.25) is 0 Å². The first-order valence-electron chi connectivity index (χ1n) is 3.34. The standard InChI is InChI=1S/C8H5Cl3O2.H3N/c9-5-1-2-6(10)8(11)4(5)3-7(12)13;/h1-2H,3H2,(H,12,13);1H3. The molecule has 4 N–H and O–H groups in total. The van der Waals surface area contributed by atoms with Gasteiger partial charge in [-0.25, -0.2) is 0 Å². The first-order chi connectivity index (χ1) is 6.02. The molecule has 0 heterocycles. The topological polar surface area (TPSA) is 76.6 Å². The van der Waals surface area contributed by atoms with Crippen molar-refractivity contribution < 1.29 is 9.90 Å². The molecule has 0 aliphatic heterocycles. The molecule has 3 nitrogen and oxygen atoms in total. The summed E-state index contributed by atoms with van der Waals surface area (Å²) in [7, 11) is 0. The Morgan fingerprint density at radius 1 is 1.21 bits per heavy atom. The second kappa shape index (κ2) is 5.41. The first kappa shape index (κ1) is 13.5. The van der Waals surface area contributed by atoms with Crippen LogP contribution in [0, 0.1) is 0 Å². The number of benzene rings is 1. The molecular formula is C8H8Cl3NO2. The van der Waals surface area contributed by atoms with Gasteiger partial charge in [0.15, 0.2) is 0 Å². The Morgan fingerprint density at radius 2 is 1.71 bits per heavy atom. The van der Waals surface area contributed by atoms with Crippen molar-refractivity contribution in [3.63, 3.8) is 0 Å². The highest BCUT2D eigenvalue weighted by atomic mass is 35.5. The maximum atomic E-state index is 10.3. The number of aliphatic carboxylic acids is 1. The molecule has 0 amide bonds. The van der Waals surface area contributed by atoms with Crippen molar-refractivity contribution in [2.24, 2.45) is 0 Å². The largest absolute Gasteiger partial charge is 0.550 e. The van der Waals surface area contributed by atoms with E-state index in [1.165, 1.54) is 12.1 Å². The Balaban J connectivity index is 0.00000169. The van der Waals surface area contributed by atoms with Crippen LogP contribution in [0.1, 0.15) is 5.56 Å². The molecule has 0 aromatic heterocycles. The lowest BCUT2D eigenvalue weighted by Gasteiger charge is -2.08. The van der Waals surface area contributed by atoms with E-state index in [4.69, 9.17) is 34.8 Å². The number of carbonyl (C=O) groups is 1. The summed E-state index contributed by atoms with van der Waals surface area (Å²) in [6, 6.07) is 3.00. The van der Waals surface area contributed by atoms with Crippen LogP contribution >= 0.6 is 34.8 Å². The van der Waals surface area contributed by atoms with Crippen molar-refractivity contribution in [2.45, 2.75) is 6.42 Å². The molecule has 1 aromatic carbocycles. The SMILES string of the molecule is O=C([O-])Cc1c(Cl)ccc(Cl)c1Cl.[NH4+]. The molecule has 0 saturated carbocycles. The Labute approximate surface area is 96.2 Å². The van der Waals surface area contributed by atoms with E-state index in [9.17, 15) is 9.90 Å². The van der Waals surface area contributed by atoms with E-state index in [-0.39, 0.29) is 33.2 Å². The molecule has 6 heteroatoms. The number of carboxylic acids is 1. The van der Waals surface area contributed by atoms with E-state index >= 15 is 0 Å². The normalized spacial score (nSPS) is 9.36. The van der Waals surface area contributed by atoms with Crippen molar-refractivity contribution in [2.75, 3.05) is 0 Å². The molecule has 0 unspecified atom stereocenters. The van der Waals surface area contributed by atoms with E-state index in [0.29, 0.717) is 0 Å². The van der Waals surface area contributed by atoms with Gasteiger partial charge in [0.1, 0.15) is 0 Å². The van der Waals surface area contributed by atoms with Gasteiger partial charge in [-0.3, -0.25) is 0 Å². The molecule has 0 atom stereocenters. The maximum absolute atomic E-state index is 10.3. The van der Waals surface area contributed by atoms with Crippen LogP contribution in [-0.4, -0.2) is 5.97 Å². The molecule has 0 saturated heterocycles. The summed E-state index contributed by atoms with van der Waals surface area (Å²) in [6.07, 6.45) is -0.335. The fraction of sp³-hybridized carbons (Fsp3) is 0.125. The molecule has 14 heavy (non-hydrogen) atoms. The van der Waals surface area contributed by atoms with Crippen LogP contribution in [0.2, 0.25) is 15.1 Å². The first-order valence-corrected chi connectivity index (χ1v) is 4.48. The van der Waals surface area contributed by atoms with Crippen LogP contribution in [0.25, 0.3) is 0 Å². The smallest absolute Gasteiger partial charge is 0.0642 e. The highest BCUT2D eigenvalue weighted by molar-refractivity contribution is 6.44. The minimum absolute atomic E-state index is 0. The Morgan fingerprint density at radius 3 is 2.21 bits per heavy atom. The summed E-state index contributed by atoms with van der Waals surface area (Å²) < 4.78 is 0. The summed E-state index contributed by atoms with van der Waals surface area (Å²) in [5, 5.41) is 11.0. The molecule has 0 aliphatic rings. The number of hydrogen-bond donors (Lipinski definition) is 1. The van der Waals surface area contributed by atoms with Crippen molar-refractivity contribution in [1.29, 1.82) is 0 Å². The number of quaternary nitrogens is 1. The van der Waals surface area contributed by atoms with Gasteiger partial charge in [-0.1, -0.05) is 34.8 Å². The summed E-state index contributed by atoms with van der Waals surface area (Å²) in [6.45, 7) is 0. The summed E-state index contributed by atoms with van der Waals surface area (Å²) >= 11 is 17.1. The third kappa shape index (κ3) is 3.03. The van der Waals surface area contributed by atoms with Crippen molar-refractivity contribution in [1.82, 2.24) is 6.15 Å². The fourth-order valence-corrected chi connectivity index (χ4v) is 1.56. The molecule has 0 bridgehead atoms. The van der Waals surface area contributed by atoms with Crippen molar-refractivity contribution in [3.8, 4) is 0 Å². The molecule has 0 fully saturated rings. The molecule has 1 rings (SSSR count). The number of rotatable bonds is 2. The van der Waals surface area contributed by atoms with Gasteiger partial charge in [0.05, 0.1) is 10.0 Å². The predicted molar refractivity (Wildman–Crippen MR) is 56.2 cm³/mol. The van der Waals surface area contributed by atoms with E-state index in [1.54, 1.807) is 0 Å². The van der Waals surface area contributed by atoms with Gasteiger partial charge in [-0.15, -0.1) is 0 Å². The second-order valence-corrected chi connectivity index (χ2v) is 3.56. The molecule has 0 radical (unpaired) electrons. The molecule has 1 aromatic rings. The van der Waals surface area contributed by atoms with Gasteiger partial charge in [-0.2, -0.15) is 0 Å². The predicted octanol–water partition coefficient (Wildman–Crippen LogP) is 2.32. The van der Waals surface area contributed by atoms with Gasteiger partial charge in [-0.05, 0) is 17.7 Å². The average Bonchev–Trinajstić information content (AvgIpc) is 2.05. The summed E-state index contributed by atoms with van der Waals surface area (Å²) in [5.74, 6) is -1.24. The van der Waals surface area contributed by atoms with Crippen LogP contribution in [0.3, 0.4) is 0 Å². The van der Waals surface area contributed by atoms with Gasteiger partial charge < -0.3 is 16.1 Å². The Kier molecular flexibility index (Phi) is 5.23. The Hall–Kier alpha value is -0.480. The van der Waals surface area contributed by atoms with Crippen molar-refractivity contribution >= 4 is 40.8 Å². The molecule has 0 spiro atoms. The van der Waals surface area contributed by atoms with Crippen LogP contribution in [0.4, 0.5) is 0 Å². The van der Waals surface area contributed by atoms with Gasteiger partial charge in [0, 0.05) is 17.4 Å². The summed E-state index contributed by atoms with van der Waals surface area (Å²) in [5.41, 5.74) is 0.288. The van der Waals surface area contributed by atoms with E-state index in [0.717, 1.165) is 0 Å². The lowest BCUT2D eigenvalue weighted by molar-refractivity contribution is -0.304. The lowest BCUT2D eigenvalue weighted by Crippen LogP contribution is -2.24. The number of hydrogen-bond acceptors (Lipinski definition) is 2. The lowest BCUT2D eigenvalue weighted by atomic mass is 10.1. The van der Waals surface area contributed by atoms with Gasteiger partial charge >= 0.3 is 0 Å². The van der Waals surface area contributed by atoms with E-state index < -0.39 is 5.97 Å². The van der Waals surface area contributed by atoms with Crippen molar-refractivity contribution in [3.05, 3.63) is 32.8 Å². The zero-order chi connectivity index (χ0) is 10.0. The Bertz CT molecular complexity index is 355. The molecule has 0 aliphatic carbocycles. The maximum Gasteiger partial charge on any atom is 0.0642 e. The van der Waals surface area contributed by atoms with Gasteiger partial charge in [0.25, 0.3) is 0 Å². The van der Waals surface area contributed by atoms with Crippen LogP contribution in [0.5, 0.6) is 0 Å². The molecular weight excluding hydrogens is 248 g/mol. The quantitative estimate of drug-likeness (QED) is 0.824.